The zero-order valence-corrected chi connectivity index (χ0v) is 23.1. The van der Waals surface area contributed by atoms with Crippen molar-refractivity contribution in [3.05, 3.63) is 48.3 Å². The molecule has 40 heavy (non-hydrogen) atoms. The number of aromatic nitrogens is 2. The molecule has 2 aliphatic rings. The van der Waals surface area contributed by atoms with E-state index in [-0.39, 0.29) is 6.03 Å². The summed E-state index contributed by atoms with van der Waals surface area (Å²) in [5.74, 6) is 1.73. The normalized spacial score (nSPS) is 15.8. The lowest BCUT2D eigenvalue weighted by atomic mass is 10.2. The molecule has 1 N–H and O–H groups in total. The Bertz CT molecular complexity index is 1320. The predicted octanol–water partition coefficient (Wildman–Crippen LogP) is 3.64. The van der Waals surface area contributed by atoms with Gasteiger partial charge in [-0.15, -0.1) is 0 Å². The summed E-state index contributed by atoms with van der Waals surface area (Å²) in [6.45, 7) is 6.35. The number of anilines is 2. The number of urea groups is 1. The smallest absolute Gasteiger partial charge is 0.337 e. The Morgan fingerprint density at radius 3 is 2.38 bits per heavy atom. The third-order valence-electron chi connectivity index (χ3n) is 7.40. The van der Waals surface area contributed by atoms with Crippen LogP contribution in [0.4, 0.5) is 16.3 Å². The second kappa shape index (κ2) is 12.8. The van der Waals surface area contributed by atoms with Crippen LogP contribution in [0.2, 0.25) is 0 Å². The molecule has 3 heterocycles. The topological polar surface area (TPSA) is 109 Å². The molecule has 3 aromatic rings. The van der Waals surface area contributed by atoms with Gasteiger partial charge in [0, 0.05) is 49.9 Å². The SMILES string of the molecule is COC(=O)c1ccc(NC(=O)N2CCN(c3ncnc4cc(OCCCN5CCCC5)c(OC)cc34)CC2)cc1. The average Bonchev–Trinajstić information content (AvgIpc) is 3.52. The summed E-state index contributed by atoms with van der Waals surface area (Å²) in [4.78, 5) is 40.0. The van der Waals surface area contributed by atoms with Crippen molar-refractivity contribution in [2.45, 2.75) is 19.3 Å². The molecule has 0 atom stereocenters. The molecule has 2 saturated heterocycles. The van der Waals surface area contributed by atoms with Gasteiger partial charge >= 0.3 is 12.0 Å². The highest BCUT2D eigenvalue weighted by atomic mass is 16.5. The van der Waals surface area contributed by atoms with Gasteiger partial charge in [-0.3, -0.25) is 0 Å². The predicted molar refractivity (Wildman–Crippen MR) is 152 cm³/mol. The van der Waals surface area contributed by atoms with Crippen LogP contribution in [0.3, 0.4) is 0 Å². The first-order valence-electron chi connectivity index (χ1n) is 13.7. The molecule has 0 saturated carbocycles. The number of carbonyl (C=O) groups excluding carboxylic acids is 2. The molecule has 0 unspecified atom stereocenters. The lowest BCUT2D eigenvalue weighted by Crippen LogP contribution is -2.50. The van der Waals surface area contributed by atoms with E-state index in [2.05, 4.69) is 25.1 Å². The fourth-order valence-corrected chi connectivity index (χ4v) is 5.18. The number of ether oxygens (including phenoxy) is 3. The molecule has 1 aromatic heterocycles. The summed E-state index contributed by atoms with van der Waals surface area (Å²) in [5, 5.41) is 3.78. The van der Waals surface area contributed by atoms with Crippen molar-refractivity contribution in [1.82, 2.24) is 19.8 Å². The summed E-state index contributed by atoms with van der Waals surface area (Å²) in [5.41, 5.74) is 1.83. The third kappa shape index (κ3) is 6.36. The summed E-state index contributed by atoms with van der Waals surface area (Å²) in [6, 6.07) is 10.3. The first kappa shape index (κ1) is 27.4. The van der Waals surface area contributed by atoms with Crippen LogP contribution in [0.25, 0.3) is 10.9 Å². The maximum absolute atomic E-state index is 12.8. The van der Waals surface area contributed by atoms with Crippen LogP contribution in [0, 0.1) is 0 Å². The van der Waals surface area contributed by atoms with Crippen molar-refractivity contribution in [2.24, 2.45) is 0 Å². The highest BCUT2D eigenvalue weighted by Gasteiger charge is 2.24. The van der Waals surface area contributed by atoms with E-state index < -0.39 is 5.97 Å². The highest BCUT2D eigenvalue weighted by Crippen LogP contribution is 2.35. The standard InChI is InChI=1S/C29H36N6O5/c1-38-25-18-23-24(19-26(25)40-17-5-12-33-10-3-4-11-33)30-20-31-27(23)34-13-15-35(16-14-34)29(37)32-22-8-6-21(7-9-22)28(36)39-2/h6-9,18-20H,3-5,10-17H2,1-2H3,(H,32,37). The first-order valence-corrected chi connectivity index (χ1v) is 13.7. The molecular weight excluding hydrogens is 512 g/mol. The van der Waals surface area contributed by atoms with Gasteiger partial charge in [0.05, 0.1) is 31.9 Å². The number of amides is 2. The van der Waals surface area contributed by atoms with Gasteiger partial charge in [0.25, 0.3) is 0 Å². The zero-order valence-electron chi connectivity index (χ0n) is 23.1. The largest absolute Gasteiger partial charge is 0.493 e. The van der Waals surface area contributed by atoms with Crippen LogP contribution in [0.15, 0.2) is 42.7 Å². The van der Waals surface area contributed by atoms with Gasteiger partial charge < -0.3 is 34.2 Å². The number of methoxy groups -OCH3 is 2. The molecule has 2 aromatic carbocycles. The molecule has 5 rings (SSSR count). The van der Waals surface area contributed by atoms with Crippen LogP contribution in [-0.4, -0.2) is 98.4 Å². The molecule has 11 heteroatoms. The van der Waals surface area contributed by atoms with E-state index >= 15 is 0 Å². The number of nitrogens with one attached hydrogen (secondary N) is 1. The fourth-order valence-electron chi connectivity index (χ4n) is 5.18. The van der Waals surface area contributed by atoms with Gasteiger partial charge in [0.15, 0.2) is 11.5 Å². The Hall–Kier alpha value is -4.12. The van der Waals surface area contributed by atoms with Gasteiger partial charge in [0.1, 0.15) is 12.1 Å². The van der Waals surface area contributed by atoms with Crippen molar-refractivity contribution in [3.63, 3.8) is 0 Å². The number of hydrogen-bond acceptors (Lipinski definition) is 9. The Morgan fingerprint density at radius 2 is 1.68 bits per heavy atom. The highest BCUT2D eigenvalue weighted by molar-refractivity contribution is 5.93. The van der Waals surface area contributed by atoms with Crippen molar-refractivity contribution >= 4 is 34.4 Å². The number of rotatable bonds is 9. The molecule has 0 bridgehead atoms. The summed E-state index contributed by atoms with van der Waals surface area (Å²) >= 11 is 0. The van der Waals surface area contributed by atoms with E-state index in [4.69, 9.17) is 14.2 Å². The average molecular weight is 549 g/mol. The number of fused-ring (bicyclic) bond motifs is 1. The number of piperazine rings is 1. The minimum Gasteiger partial charge on any atom is -0.493 e. The monoisotopic (exact) mass is 548 g/mol. The Balaban J connectivity index is 1.19. The molecule has 212 valence electrons. The van der Waals surface area contributed by atoms with E-state index in [1.165, 1.54) is 33.0 Å². The third-order valence-corrected chi connectivity index (χ3v) is 7.40. The number of benzene rings is 2. The van der Waals surface area contributed by atoms with Crippen LogP contribution in [0.5, 0.6) is 11.5 Å². The Kier molecular flexibility index (Phi) is 8.80. The minimum absolute atomic E-state index is 0.189. The molecule has 2 amide bonds. The number of carbonyl (C=O) groups is 2. The summed E-state index contributed by atoms with van der Waals surface area (Å²) < 4.78 is 16.5. The van der Waals surface area contributed by atoms with E-state index in [0.29, 0.717) is 55.5 Å². The molecule has 11 nitrogen and oxygen atoms in total. The molecule has 0 spiro atoms. The number of hydrogen-bond donors (Lipinski definition) is 1. The molecule has 0 aliphatic carbocycles. The summed E-state index contributed by atoms with van der Waals surface area (Å²) in [6.07, 6.45) is 5.11. The second-order valence-electron chi connectivity index (χ2n) is 9.94. The zero-order chi connectivity index (χ0) is 27.9. The maximum Gasteiger partial charge on any atom is 0.337 e. The molecule has 2 aliphatic heterocycles. The van der Waals surface area contributed by atoms with Crippen LogP contribution < -0.4 is 19.7 Å². The van der Waals surface area contributed by atoms with Crippen LogP contribution in [-0.2, 0) is 4.74 Å². The first-order chi connectivity index (χ1) is 19.6. The van der Waals surface area contributed by atoms with E-state index in [1.54, 1.807) is 42.6 Å². The summed E-state index contributed by atoms with van der Waals surface area (Å²) in [7, 11) is 2.98. The van der Waals surface area contributed by atoms with E-state index in [1.807, 2.05) is 12.1 Å². The lowest BCUT2D eigenvalue weighted by molar-refractivity contribution is 0.0600. The minimum atomic E-state index is -0.416. The second-order valence-corrected chi connectivity index (χ2v) is 9.94. The van der Waals surface area contributed by atoms with Crippen molar-refractivity contribution in [1.29, 1.82) is 0 Å². The Labute approximate surface area is 234 Å². The van der Waals surface area contributed by atoms with Gasteiger partial charge in [-0.25, -0.2) is 19.6 Å². The van der Waals surface area contributed by atoms with E-state index in [9.17, 15) is 9.59 Å². The van der Waals surface area contributed by atoms with Crippen molar-refractivity contribution in [2.75, 3.05) is 76.9 Å². The quantitative estimate of drug-likeness (QED) is 0.317. The maximum atomic E-state index is 12.8. The van der Waals surface area contributed by atoms with Gasteiger partial charge in [-0.2, -0.15) is 0 Å². The molecule has 0 radical (unpaired) electrons. The molecular formula is C29H36N6O5. The fraction of sp³-hybridized carbons (Fsp3) is 0.448. The van der Waals surface area contributed by atoms with Crippen molar-refractivity contribution < 1.29 is 23.8 Å². The number of likely N-dealkylation sites (tertiary alicyclic amines) is 1. The Morgan fingerprint density at radius 1 is 0.925 bits per heavy atom. The van der Waals surface area contributed by atoms with Crippen molar-refractivity contribution in [3.8, 4) is 11.5 Å². The van der Waals surface area contributed by atoms with Crippen LogP contribution in [0.1, 0.15) is 29.6 Å². The lowest BCUT2D eigenvalue weighted by Gasteiger charge is -2.35. The number of nitrogens with zero attached hydrogens (tertiary/aromatic N) is 5. The van der Waals surface area contributed by atoms with Gasteiger partial charge in [0.2, 0.25) is 0 Å². The van der Waals surface area contributed by atoms with Gasteiger partial charge in [-0.05, 0) is 62.7 Å². The van der Waals surface area contributed by atoms with E-state index in [0.717, 1.165) is 29.7 Å². The van der Waals surface area contributed by atoms with Crippen LogP contribution >= 0.6 is 0 Å². The molecule has 2 fully saturated rings. The number of esters is 1. The van der Waals surface area contributed by atoms with Gasteiger partial charge in [-0.1, -0.05) is 0 Å².